The summed E-state index contributed by atoms with van der Waals surface area (Å²) in [5, 5.41) is 5.48. The van der Waals surface area contributed by atoms with Gasteiger partial charge in [-0.15, -0.1) is 0 Å². The number of rotatable bonds is 12. The van der Waals surface area contributed by atoms with Crippen LogP contribution >= 0.6 is 0 Å². The van der Waals surface area contributed by atoms with Crippen molar-refractivity contribution in [3.05, 3.63) is 71.8 Å². The molecule has 0 aromatic heterocycles. The van der Waals surface area contributed by atoms with Crippen LogP contribution in [0, 0.1) is 11.8 Å². The molecule has 0 bridgehead atoms. The number of hydrogen-bond donors (Lipinski definition) is 1. The average molecular weight is 550 g/mol. The van der Waals surface area contributed by atoms with Crippen molar-refractivity contribution < 1.29 is 18.8 Å². The molecule has 0 fully saturated rings. The van der Waals surface area contributed by atoms with Crippen LogP contribution in [-0.4, -0.2) is 40.0 Å². The van der Waals surface area contributed by atoms with Crippen LogP contribution in [0.5, 0.6) is 0 Å². The summed E-state index contributed by atoms with van der Waals surface area (Å²) in [5.41, 5.74) is 2.00. The van der Waals surface area contributed by atoms with Crippen LogP contribution in [0.3, 0.4) is 0 Å². The van der Waals surface area contributed by atoms with E-state index in [1.807, 2.05) is 0 Å². The highest BCUT2D eigenvalue weighted by molar-refractivity contribution is 6.99. The maximum absolute atomic E-state index is 12.8. The molecular formula is C33H47NO4Si. The van der Waals surface area contributed by atoms with Crippen molar-refractivity contribution in [2.24, 2.45) is 11.8 Å². The molecule has 3 atom stereocenters. The largest absolute Gasteiger partial charge is 0.466 e. The molecule has 3 rings (SSSR count). The van der Waals surface area contributed by atoms with Crippen molar-refractivity contribution in [2.45, 2.75) is 84.7 Å². The first-order chi connectivity index (χ1) is 18.5. The molecule has 0 radical (unpaired) electrons. The Morgan fingerprint density at radius 3 is 2.03 bits per heavy atom. The first-order valence-corrected chi connectivity index (χ1v) is 16.3. The van der Waals surface area contributed by atoms with E-state index in [0.29, 0.717) is 18.9 Å². The van der Waals surface area contributed by atoms with Gasteiger partial charge in [0.25, 0.3) is 8.32 Å². The van der Waals surface area contributed by atoms with E-state index in [2.05, 4.69) is 101 Å². The summed E-state index contributed by atoms with van der Waals surface area (Å²) in [6, 6.07) is 21.5. The Labute approximate surface area is 236 Å². The van der Waals surface area contributed by atoms with Crippen molar-refractivity contribution in [1.82, 2.24) is 5.32 Å². The molecule has 0 heterocycles. The third-order valence-corrected chi connectivity index (χ3v) is 13.3. The molecule has 0 spiro atoms. The Bertz CT molecular complexity index is 1080. The van der Waals surface area contributed by atoms with Gasteiger partial charge in [0, 0.05) is 25.1 Å². The highest BCUT2D eigenvalue weighted by Crippen LogP contribution is 2.40. The molecule has 212 valence electrons. The van der Waals surface area contributed by atoms with Gasteiger partial charge in [-0.25, -0.2) is 4.79 Å². The SMILES string of the molecule is CCC(CCC1=C(C(=O)OC)CC(CO[Si](c2ccccc2)(c2ccccc2)C(C)(C)C)C1)C(C)NC(C)=O. The van der Waals surface area contributed by atoms with Crippen LogP contribution in [0.2, 0.25) is 5.04 Å². The molecule has 3 unspecified atom stereocenters. The summed E-state index contributed by atoms with van der Waals surface area (Å²) >= 11 is 0. The lowest BCUT2D eigenvalue weighted by Gasteiger charge is -2.43. The first-order valence-electron chi connectivity index (χ1n) is 14.3. The van der Waals surface area contributed by atoms with Gasteiger partial charge in [-0.2, -0.15) is 0 Å². The lowest BCUT2D eigenvalue weighted by molar-refractivity contribution is -0.136. The van der Waals surface area contributed by atoms with Crippen molar-refractivity contribution >= 4 is 30.6 Å². The van der Waals surface area contributed by atoms with Crippen LogP contribution in [0.25, 0.3) is 0 Å². The van der Waals surface area contributed by atoms with Gasteiger partial charge in [0.2, 0.25) is 5.91 Å². The molecule has 2 aromatic carbocycles. The molecule has 5 nitrogen and oxygen atoms in total. The predicted molar refractivity (Wildman–Crippen MR) is 162 cm³/mol. The van der Waals surface area contributed by atoms with E-state index in [-0.39, 0.29) is 28.9 Å². The summed E-state index contributed by atoms with van der Waals surface area (Å²) in [6.45, 7) is 13.3. The maximum atomic E-state index is 12.8. The van der Waals surface area contributed by atoms with Crippen LogP contribution in [0.4, 0.5) is 0 Å². The molecule has 1 aliphatic carbocycles. The zero-order valence-corrected chi connectivity index (χ0v) is 25.9. The molecule has 1 aliphatic rings. The molecule has 1 amide bonds. The van der Waals surface area contributed by atoms with E-state index in [9.17, 15) is 9.59 Å². The van der Waals surface area contributed by atoms with Crippen molar-refractivity contribution in [2.75, 3.05) is 13.7 Å². The lowest BCUT2D eigenvalue weighted by atomic mass is 9.90. The normalized spacial score (nSPS) is 17.6. The van der Waals surface area contributed by atoms with Gasteiger partial charge in [-0.1, -0.05) is 100 Å². The smallest absolute Gasteiger partial charge is 0.333 e. The number of esters is 1. The van der Waals surface area contributed by atoms with Gasteiger partial charge in [0.15, 0.2) is 0 Å². The van der Waals surface area contributed by atoms with Crippen molar-refractivity contribution in [3.8, 4) is 0 Å². The van der Waals surface area contributed by atoms with Crippen LogP contribution < -0.4 is 15.7 Å². The molecule has 0 saturated heterocycles. The molecule has 0 aliphatic heterocycles. The monoisotopic (exact) mass is 549 g/mol. The number of methoxy groups -OCH3 is 1. The van der Waals surface area contributed by atoms with Crippen LogP contribution in [0.1, 0.15) is 73.6 Å². The third kappa shape index (κ3) is 7.28. The number of carbonyl (C=O) groups is 2. The number of amides is 1. The number of nitrogens with one attached hydrogen (secondary N) is 1. The standard InChI is InChI=1S/C33H47NO4Si/c1-8-27(24(2)34-25(3)35)19-20-28-21-26(22-31(28)32(36)37-7)23-38-39(33(4,5)6,29-15-11-9-12-16-29)30-17-13-10-14-18-30/h9-18,24,26-27H,8,19-23H2,1-7H3,(H,34,35). The molecule has 1 N–H and O–H groups in total. The highest BCUT2D eigenvalue weighted by atomic mass is 28.4. The number of ether oxygens (including phenoxy) is 1. The van der Waals surface area contributed by atoms with Gasteiger partial charge >= 0.3 is 5.97 Å². The fourth-order valence-corrected chi connectivity index (χ4v) is 10.9. The fraction of sp³-hybridized carbons (Fsp3) is 0.515. The summed E-state index contributed by atoms with van der Waals surface area (Å²) < 4.78 is 12.4. The number of allylic oxidation sites excluding steroid dienone is 1. The van der Waals surface area contributed by atoms with Crippen LogP contribution in [-0.2, 0) is 18.8 Å². The van der Waals surface area contributed by atoms with Gasteiger partial charge in [0.05, 0.1) is 7.11 Å². The quantitative estimate of drug-likeness (QED) is 0.270. The maximum Gasteiger partial charge on any atom is 0.333 e. The van der Waals surface area contributed by atoms with Gasteiger partial charge in [-0.05, 0) is 59.9 Å². The van der Waals surface area contributed by atoms with E-state index in [4.69, 9.17) is 9.16 Å². The summed E-state index contributed by atoms with van der Waals surface area (Å²) in [5.74, 6) is 0.356. The lowest BCUT2D eigenvalue weighted by Crippen LogP contribution is -2.66. The zero-order chi connectivity index (χ0) is 28.6. The number of carbonyl (C=O) groups excluding carboxylic acids is 2. The molecular weight excluding hydrogens is 502 g/mol. The first kappa shape index (κ1) is 30.8. The van der Waals surface area contributed by atoms with E-state index in [0.717, 1.165) is 31.3 Å². The summed E-state index contributed by atoms with van der Waals surface area (Å²) in [4.78, 5) is 24.4. The number of benzene rings is 2. The summed E-state index contributed by atoms with van der Waals surface area (Å²) in [7, 11) is -1.18. The second-order valence-electron chi connectivity index (χ2n) is 12.0. The van der Waals surface area contributed by atoms with E-state index in [1.54, 1.807) is 6.92 Å². The second kappa shape index (κ2) is 13.6. The minimum absolute atomic E-state index is 0.00294. The van der Waals surface area contributed by atoms with Crippen LogP contribution in [0.15, 0.2) is 71.8 Å². The Hall–Kier alpha value is -2.70. The number of hydrogen-bond acceptors (Lipinski definition) is 4. The second-order valence-corrected chi connectivity index (χ2v) is 16.3. The predicted octanol–water partition coefficient (Wildman–Crippen LogP) is 5.77. The summed E-state index contributed by atoms with van der Waals surface area (Å²) in [6.07, 6.45) is 4.26. The molecule has 6 heteroatoms. The van der Waals surface area contributed by atoms with E-state index in [1.165, 1.54) is 23.1 Å². The minimum Gasteiger partial charge on any atom is -0.466 e. The Balaban J connectivity index is 1.83. The topological polar surface area (TPSA) is 64.6 Å². The third-order valence-electron chi connectivity index (χ3n) is 8.32. The van der Waals surface area contributed by atoms with Gasteiger partial charge in [-0.3, -0.25) is 4.79 Å². The van der Waals surface area contributed by atoms with Gasteiger partial charge in [0.1, 0.15) is 0 Å². The average Bonchev–Trinajstić information content (AvgIpc) is 3.32. The Kier molecular flexibility index (Phi) is 10.7. The van der Waals surface area contributed by atoms with E-state index >= 15 is 0 Å². The van der Waals surface area contributed by atoms with Crippen molar-refractivity contribution in [3.63, 3.8) is 0 Å². The Morgan fingerprint density at radius 1 is 1.00 bits per heavy atom. The molecule has 39 heavy (non-hydrogen) atoms. The molecule has 0 saturated carbocycles. The fourth-order valence-electron chi connectivity index (χ4n) is 6.31. The molecule has 2 aromatic rings. The zero-order valence-electron chi connectivity index (χ0n) is 24.9. The highest BCUT2D eigenvalue weighted by Gasteiger charge is 2.50. The van der Waals surface area contributed by atoms with E-state index < -0.39 is 8.32 Å². The Morgan fingerprint density at radius 2 is 1.56 bits per heavy atom. The van der Waals surface area contributed by atoms with Gasteiger partial charge < -0.3 is 14.5 Å². The minimum atomic E-state index is -2.64. The van der Waals surface area contributed by atoms with Crippen molar-refractivity contribution in [1.29, 1.82) is 0 Å².